The predicted molar refractivity (Wildman–Crippen MR) is 61.4 cm³/mol. The average Bonchev–Trinajstić information content (AvgIpc) is 2.77. The molecule has 4 nitrogen and oxygen atoms in total. The van der Waals surface area contributed by atoms with E-state index < -0.39 is 0 Å². The molecule has 0 amide bonds. The molecule has 0 spiro atoms. The summed E-state index contributed by atoms with van der Waals surface area (Å²) in [5.41, 5.74) is 0.666. The summed E-state index contributed by atoms with van der Waals surface area (Å²) in [7, 11) is 0. The van der Waals surface area contributed by atoms with Gasteiger partial charge in [-0.3, -0.25) is 9.69 Å². The lowest BCUT2D eigenvalue weighted by atomic mass is 9.96. The predicted octanol–water partition coefficient (Wildman–Crippen LogP) is 0.900. The van der Waals surface area contributed by atoms with Gasteiger partial charge in [0.15, 0.2) is 5.78 Å². The molecule has 2 unspecified atom stereocenters. The number of aliphatic hydroxyl groups excluding tert-OH is 1. The number of H-pyrrole nitrogens is 1. The number of nitrogens with zero attached hydrogens (tertiary/aromatic N) is 1. The standard InChI is InChI=1S/C12H18N2O2/c1-9-7-14(6-4-11(9)15)8-12(16)10-3-2-5-13-10/h2-3,5,9,11,13,15H,4,6-8H2,1H3. The van der Waals surface area contributed by atoms with Crippen LogP contribution in [0.2, 0.25) is 0 Å². The van der Waals surface area contributed by atoms with E-state index in [4.69, 9.17) is 0 Å². The van der Waals surface area contributed by atoms with Gasteiger partial charge in [-0.05, 0) is 24.5 Å². The van der Waals surface area contributed by atoms with Crippen molar-refractivity contribution < 1.29 is 9.90 Å². The SMILES string of the molecule is CC1CN(CC(=O)c2ccc[nH]2)CCC1O. The van der Waals surface area contributed by atoms with Crippen LogP contribution in [0.1, 0.15) is 23.8 Å². The first-order valence-electron chi connectivity index (χ1n) is 5.74. The number of piperidine rings is 1. The fraction of sp³-hybridized carbons (Fsp3) is 0.583. The number of Topliss-reactive ketones (excluding diaryl/α,β-unsaturated/α-hetero) is 1. The molecule has 0 radical (unpaired) electrons. The second-order valence-electron chi connectivity index (χ2n) is 4.58. The Kier molecular flexibility index (Phi) is 3.41. The van der Waals surface area contributed by atoms with Gasteiger partial charge in [-0.25, -0.2) is 0 Å². The normalized spacial score (nSPS) is 26.9. The molecule has 16 heavy (non-hydrogen) atoms. The number of aromatic amines is 1. The van der Waals surface area contributed by atoms with Gasteiger partial charge in [-0.1, -0.05) is 6.92 Å². The fourth-order valence-electron chi connectivity index (χ4n) is 2.16. The van der Waals surface area contributed by atoms with Crippen molar-refractivity contribution in [3.8, 4) is 0 Å². The van der Waals surface area contributed by atoms with Gasteiger partial charge in [0.25, 0.3) is 0 Å². The number of hydrogen-bond donors (Lipinski definition) is 2. The van der Waals surface area contributed by atoms with Crippen LogP contribution >= 0.6 is 0 Å². The molecule has 88 valence electrons. The van der Waals surface area contributed by atoms with Gasteiger partial charge in [0.05, 0.1) is 18.3 Å². The fourth-order valence-corrected chi connectivity index (χ4v) is 2.16. The number of likely N-dealkylation sites (tertiary alicyclic amines) is 1. The van der Waals surface area contributed by atoms with Gasteiger partial charge in [0.1, 0.15) is 0 Å². The Morgan fingerprint density at radius 2 is 2.50 bits per heavy atom. The largest absolute Gasteiger partial charge is 0.393 e. The smallest absolute Gasteiger partial charge is 0.192 e. The Hall–Kier alpha value is -1.13. The van der Waals surface area contributed by atoms with Crippen LogP contribution in [0, 0.1) is 5.92 Å². The van der Waals surface area contributed by atoms with E-state index in [-0.39, 0.29) is 17.8 Å². The summed E-state index contributed by atoms with van der Waals surface area (Å²) in [5, 5.41) is 9.60. The second-order valence-corrected chi connectivity index (χ2v) is 4.58. The van der Waals surface area contributed by atoms with Crippen LogP contribution in [-0.4, -0.2) is 46.5 Å². The number of nitrogens with one attached hydrogen (secondary N) is 1. The minimum absolute atomic E-state index is 0.119. The second kappa shape index (κ2) is 4.80. The van der Waals surface area contributed by atoms with Crippen LogP contribution in [0.25, 0.3) is 0 Å². The number of ketones is 1. The summed E-state index contributed by atoms with van der Waals surface area (Å²) in [5.74, 6) is 0.374. The van der Waals surface area contributed by atoms with Crippen molar-refractivity contribution in [2.75, 3.05) is 19.6 Å². The summed E-state index contributed by atoms with van der Waals surface area (Å²) < 4.78 is 0. The zero-order valence-electron chi connectivity index (χ0n) is 9.52. The number of carbonyl (C=O) groups is 1. The molecule has 2 heterocycles. The molecular weight excluding hydrogens is 204 g/mol. The van der Waals surface area contributed by atoms with E-state index in [1.165, 1.54) is 0 Å². The van der Waals surface area contributed by atoms with Crippen LogP contribution in [0.3, 0.4) is 0 Å². The molecule has 1 aliphatic rings. The van der Waals surface area contributed by atoms with E-state index in [1.54, 1.807) is 12.3 Å². The van der Waals surface area contributed by atoms with Gasteiger partial charge >= 0.3 is 0 Å². The minimum Gasteiger partial charge on any atom is -0.393 e. The quantitative estimate of drug-likeness (QED) is 0.747. The van der Waals surface area contributed by atoms with Crippen molar-refractivity contribution in [3.63, 3.8) is 0 Å². The maximum atomic E-state index is 11.8. The highest BCUT2D eigenvalue weighted by atomic mass is 16.3. The first-order valence-corrected chi connectivity index (χ1v) is 5.74. The van der Waals surface area contributed by atoms with Crippen molar-refractivity contribution in [1.82, 2.24) is 9.88 Å². The molecule has 1 saturated heterocycles. The maximum absolute atomic E-state index is 11.8. The Balaban J connectivity index is 1.89. The molecular formula is C12H18N2O2. The van der Waals surface area contributed by atoms with E-state index in [1.807, 2.05) is 13.0 Å². The first kappa shape index (κ1) is 11.4. The van der Waals surface area contributed by atoms with E-state index >= 15 is 0 Å². The van der Waals surface area contributed by atoms with Crippen LogP contribution in [-0.2, 0) is 0 Å². The lowest BCUT2D eigenvalue weighted by molar-refractivity contribution is 0.0343. The van der Waals surface area contributed by atoms with Gasteiger partial charge in [-0.2, -0.15) is 0 Å². The van der Waals surface area contributed by atoms with Crippen molar-refractivity contribution in [2.24, 2.45) is 5.92 Å². The topological polar surface area (TPSA) is 56.3 Å². The minimum atomic E-state index is -0.211. The Bertz CT molecular complexity index is 348. The third kappa shape index (κ3) is 2.51. The van der Waals surface area contributed by atoms with E-state index in [9.17, 15) is 9.90 Å². The van der Waals surface area contributed by atoms with Gasteiger partial charge in [-0.15, -0.1) is 0 Å². The van der Waals surface area contributed by atoms with Crippen LogP contribution in [0.5, 0.6) is 0 Å². The number of hydrogen-bond acceptors (Lipinski definition) is 3. The van der Waals surface area contributed by atoms with Crippen LogP contribution in [0.15, 0.2) is 18.3 Å². The number of rotatable bonds is 3. The molecule has 0 saturated carbocycles. The van der Waals surface area contributed by atoms with Gasteiger partial charge < -0.3 is 10.1 Å². The Morgan fingerprint density at radius 1 is 1.69 bits per heavy atom. The van der Waals surface area contributed by atoms with Gasteiger partial charge in [0, 0.05) is 19.3 Å². The summed E-state index contributed by atoms with van der Waals surface area (Å²) >= 11 is 0. The van der Waals surface area contributed by atoms with Crippen molar-refractivity contribution >= 4 is 5.78 Å². The maximum Gasteiger partial charge on any atom is 0.192 e. The molecule has 1 aromatic rings. The summed E-state index contributed by atoms with van der Waals surface area (Å²) in [6.07, 6.45) is 2.31. The molecule has 1 aromatic heterocycles. The molecule has 0 bridgehead atoms. The highest BCUT2D eigenvalue weighted by Gasteiger charge is 2.25. The highest BCUT2D eigenvalue weighted by Crippen LogP contribution is 2.16. The third-order valence-corrected chi connectivity index (χ3v) is 3.21. The van der Waals surface area contributed by atoms with Gasteiger partial charge in [0.2, 0.25) is 0 Å². The zero-order valence-corrected chi connectivity index (χ0v) is 9.52. The van der Waals surface area contributed by atoms with E-state index in [0.29, 0.717) is 12.2 Å². The average molecular weight is 222 g/mol. The molecule has 2 rings (SSSR count). The lowest BCUT2D eigenvalue weighted by Gasteiger charge is -2.33. The van der Waals surface area contributed by atoms with Crippen molar-refractivity contribution in [3.05, 3.63) is 24.0 Å². The summed E-state index contributed by atoms with van der Waals surface area (Å²) in [6, 6.07) is 3.63. The Labute approximate surface area is 95.3 Å². The molecule has 2 N–H and O–H groups in total. The molecule has 4 heteroatoms. The number of aliphatic hydroxyl groups is 1. The molecule has 1 aliphatic heterocycles. The zero-order chi connectivity index (χ0) is 11.5. The van der Waals surface area contributed by atoms with Crippen molar-refractivity contribution in [2.45, 2.75) is 19.4 Å². The highest BCUT2D eigenvalue weighted by molar-refractivity contribution is 5.95. The van der Waals surface area contributed by atoms with Crippen LogP contribution in [0.4, 0.5) is 0 Å². The number of carbonyl (C=O) groups excluding carboxylic acids is 1. The molecule has 1 fully saturated rings. The summed E-state index contributed by atoms with van der Waals surface area (Å²) in [6.45, 7) is 4.07. The number of aromatic nitrogens is 1. The van der Waals surface area contributed by atoms with Crippen LogP contribution < -0.4 is 0 Å². The first-order chi connectivity index (χ1) is 7.66. The molecule has 0 aliphatic carbocycles. The van der Waals surface area contributed by atoms with E-state index in [0.717, 1.165) is 19.5 Å². The van der Waals surface area contributed by atoms with E-state index in [2.05, 4.69) is 9.88 Å². The monoisotopic (exact) mass is 222 g/mol. The molecule has 2 atom stereocenters. The lowest BCUT2D eigenvalue weighted by Crippen LogP contribution is -2.44. The molecule has 0 aromatic carbocycles. The Morgan fingerprint density at radius 3 is 3.12 bits per heavy atom. The third-order valence-electron chi connectivity index (χ3n) is 3.21. The van der Waals surface area contributed by atoms with Crippen molar-refractivity contribution in [1.29, 1.82) is 0 Å². The summed E-state index contributed by atoms with van der Waals surface area (Å²) in [4.78, 5) is 16.9.